The van der Waals surface area contributed by atoms with Gasteiger partial charge in [0.25, 0.3) is 5.91 Å². The Morgan fingerprint density at radius 2 is 1.84 bits per heavy atom. The number of nitrogens with zero attached hydrogens (tertiary/aromatic N) is 1. The lowest BCUT2D eigenvalue weighted by Crippen LogP contribution is -2.23. The van der Waals surface area contributed by atoms with Crippen molar-refractivity contribution in [1.29, 1.82) is 0 Å². The molecule has 0 aliphatic heterocycles. The number of carbonyl (C=O) groups excluding carboxylic acids is 1. The highest BCUT2D eigenvalue weighted by atomic mass is 16.3. The van der Waals surface area contributed by atoms with Crippen LogP contribution in [0.25, 0.3) is 21.7 Å². The molecule has 0 radical (unpaired) electrons. The minimum Gasteiger partial charge on any atom is -0.450 e. The monoisotopic (exact) mass is 330 g/mol. The number of amides is 1. The molecule has 0 saturated carbocycles. The van der Waals surface area contributed by atoms with Crippen LogP contribution in [0.5, 0.6) is 0 Å². The maximum atomic E-state index is 12.6. The molecule has 4 rings (SSSR count). The van der Waals surface area contributed by atoms with E-state index in [0.717, 1.165) is 38.7 Å². The van der Waals surface area contributed by atoms with Crippen molar-refractivity contribution in [2.75, 3.05) is 0 Å². The minimum atomic E-state index is -0.221. The summed E-state index contributed by atoms with van der Waals surface area (Å²) < 4.78 is 5.95. The number of nitrogens with one attached hydrogen (secondary N) is 1. The van der Waals surface area contributed by atoms with E-state index in [1.54, 1.807) is 0 Å². The first kappa shape index (κ1) is 15.4. The highest BCUT2D eigenvalue weighted by Crippen LogP contribution is 2.31. The molecule has 2 aromatic carbocycles. The molecule has 0 unspecified atom stereocenters. The van der Waals surface area contributed by atoms with Gasteiger partial charge < -0.3 is 9.73 Å². The molecular formula is C21H18N2O2. The van der Waals surface area contributed by atoms with E-state index in [4.69, 9.17) is 4.42 Å². The highest BCUT2D eigenvalue weighted by Gasteiger charge is 2.18. The van der Waals surface area contributed by atoms with Gasteiger partial charge in [0.2, 0.25) is 0 Å². The van der Waals surface area contributed by atoms with E-state index >= 15 is 0 Å². The van der Waals surface area contributed by atoms with Crippen LogP contribution in [-0.2, 0) is 6.54 Å². The van der Waals surface area contributed by atoms with Gasteiger partial charge in [0.05, 0.1) is 12.2 Å². The second kappa shape index (κ2) is 6.06. The van der Waals surface area contributed by atoms with Crippen molar-refractivity contribution in [2.45, 2.75) is 20.4 Å². The fraction of sp³-hybridized carbons (Fsp3) is 0.143. The van der Waals surface area contributed by atoms with Crippen molar-refractivity contribution >= 4 is 27.6 Å². The van der Waals surface area contributed by atoms with E-state index in [0.29, 0.717) is 12.3 Å². The first-order valence-electron chi connectivity index (χ1n) is 8.25. The Morgan fingerprint density at radius 3 is 2.68 bits per heavy atom. The molecule has 4 aromatic rings. The maximum absolute atomic E-state index is 12.6. The summed E-state index contributed by atoms with van der Waals surface area (Å²) in [5, 5.41) is 5.98. The van der Waals surface area contributed by atoms with Crippen molar-refractivity contribution in [3.05, 3.63) is 77.3 Å². The van der Waals surface area contributed by atoms with E-state index < -0.39 is 0 Å². The van der Waals surface area contributed by atoms with Crippen LogP contribution in [0, 0.1) is 13.8 Å². The first-order valence-corrected chi connectivity index (χ1v) is 8.25. The molecule has 1 N–H and O–H groups in total. The zero-order valence-electron chi connectivity index (χ0n) is 14.2. The molecule has 0 aliphatic rings. The molecule has 2 heterocycles. The lowest BCUT2D eigenvalue weighted by Gasteiger charge is -2.04. The predicted octanol–water partition coefficient (Wildman–Crippen LogP) is 4.53. The minimum absolute atomic E-state index is 0.221. The molecule has 4 nitrogen and oxygen atoms in total. The van der Waals surface area contributed by atoms with Crippen LogP contribution in [0.4, 0.5) is 0 Å². The van der Waals surface area contributed by atoms with Crippen LogP contribution in [0.15, 0.2) is 59.0 Å². The maximum Gasteiger partial charge on any atom is 0.287 e. The standard InChI is InChI=1S/C21H18N2O2/c1-13-6-5-8-16(23-13)12-22-21(24)19-14(2)17-11-10-15-7-3-4-9-18(15)20(17)25-19/h3-11H,12H2,1-2H3,(H,22,24). The first-order chi connectivity index (χ1) is 12.1. The van der Waals surface area contributed by atoms with Crippen molar-refractivity contribution in [3.8, 4) is 0 Å². The number of furan rings is 1. The summed E-state index contributed by atoms with van der Waals surface area (Å²) in [6.45, 7) is 4.22. The Hall–Kier alpha value is -3.14. The lowest BCUT2D eigenvalue weighted by molar-refractivity contribution is 0.0924. The summed E-state index contributed by atoms with van der Waals surface area (Å²) in [6, 6.07) is 17.8. The molecule has 0 spiro atoms. The summed E-state index contributed by atoms with van der Waals surface area (Å²) in [5.41, 5.74) is 3.37. The van der Waals surface area contributed by atoms with Gasteiger partial charge in [0.15, 0.2) is 5.76 Å². The molecule has 0 saturated heterocycles. The Labute approximate surface area is 145 Å². The van der Waals surface area contributed by atoms with Gasteiger partial charge in [-0.3, -0.25) is 9.78 Å². The molecule has 124 valence electrons. The van der Waals surface area contributed by atoms with Crippen LogP contribution < -0.4 is 5.32 Å². The average Bonchev–Trinajstić information content (AvgIpc) is 2.97. The Kier molecular flexibility index (Phi) is 3.73. The number of benzene rings is 2. The zero-order chi connectivity index (χ0) is 17.4. The van der Waals surface area contributed by atoms with Crippen LogP contribution in [-0.4, -0.2) is 10.9 Å². The van der Waals surface area contributed by atoms with E-state index in [9.17, 15) is 4.79 Å². The van der Waals surface area contributed by atoms with Crippen molar-refractivity contribution < 1.29 is 9.21 Å². The normalized spacial score (nSPS) is 11.1. The highest BCUT2D eigenvalue weighted by molar-refractivity contribution is 6.08. The van der Waals surface area contributed by atoms with E-state index in [2.05, 4.69) is 16.4 Å². The topological polar surface area (TPSA) is 55.1 Å². The van der Waals surface area contributed by atoms with Crippen LogP contribution in [0.1, 0.15) is 27.5 Å². The number of hydrogen-bond donors (Lipinski definition) is 1. The van der Waals surface area contributed by atoms with Crippen LogP contribution in [0.2, 0.25) is 0 Å². The molecule has 4 heteroatoms. The van der Waals surface area contributed by atoms with Gasteiger partial charge in [-0.2, -0.15) is 0 Å². The molecule has 0 atom stereocenters. The lowest BCUT2D eigenvalue weighted by atomic mass is 10.1. The van der Waals surface area contributed by atoms with E-state index in [-0.39, 0.29) is 5.91 Å². The molecule has 0 bridgehead atoms. The summed E-state index contributed by atoms with van der Waals surface area (Å²) in [6.07, 6.45) is 0. The van der Waals surface area contributed by atoms with Gasteiger partial charge in [0.1, 0.15) is 5.58 Å². The Balaban J connectivity index is 1.67. The van der Waals surface area contributed by atoms with Gasteiger partial charge in [-0.25, -0.2) is 0 Å². The van der Waals surface area contributed by atoms with Gasteiger partial charge in [-0.05, 0) is 31.4 Å². The SMILES string of the molecule is Cc1cccc(CNC(=O)c2oc3c(ccc4ccccc43)c2C)n1. The third kappa shape index (κ3) is 2.76. The molecular weight excluding hydrogens is 312 g/mol. The second-order valence-electron chi connectivity index (χ2n) is 6.17. The van der Waals surface area contributed by atoms with Crippen LogP contribution in [0.3, 0.4) is 0 Å². The number of fused-ring (bicyclic) bond motifs is 3. The van der Waals surface area contributed by atoms with Crippen molar-refractivity contribution in [3.63, 3.8) is 0 Å². The second-order valence-corrected chi connectivity index (χ2v) is 6.17. The average molecular weight is 330 g/mol. The third-order valence-electron chi connectivity index (χ3n) is 4.41. The van der Waals surface area contributed by atoms with Gasteiger partial charge in [0, 0.05) is 22.0 Å². The number of pyridine rings is 1. The van der Waals surface area contributed by atoms with Gasteiger partial charge >= 0.3 is 0 Å². The van der Waals surface area contributed by atoms with Crippen molar-refractivity contribution in [2.24, 2.45) is 0 Å². The van der Waals surface area contributed by atoms with Gasteiger partial charge in [-0.1, -0.05) is 42.5 Å². The molecule has 25 heavy (non-hydrogen) atoms. The molecule has 2 aromatic heterocycles. The number of aromatic nitrogens is 1. The number of rotatable bonds is 3. The Morgan fingerprint density at radius 1 is 1.00 bits per heavy atom. The Bertz CT molecular complexity index is 1100. The quantitative estimate of drug-likeness (QED) is 0.600. The smallest absolute Gasteiger partial charge is 0.287 e. The zero-order valence-corrected chi connectivity index (χ0v) is 14.2. The van der Waals surface area contributed by atoms with Crippen LogP contribution >= 0.6 is 0 Å². The molecule has 1 amide bonds. The molecule has 0 aliphatic carbocycles. The largest absolute Gasteiger partial charge is 0.450 e. The molecule has 0 fully saturated rings. The number of carbonyl (C=O) groups is 1. The summed E-state index contributed by atoms with van der Waals surface area (Å²) in [4.78, 5) is 17.0. The van der Waals surface area contributed by atoms with Gasteiger partial charge in [-0.15, -0.1) is 0 Å². The van der Waals surface area contributed by atoms with E-state index in [1.165, 1.54) is 0 Å². The van der Waals surface area contributed by atoms with Crippen molar-refractivity contribution in [1.82, 2.24) is 10.3 Å². The summed E-state index contributed by atoms with van der Waals surface area (Å²) in [7, 11) is 0. The predicted molar refractivity (Wildman–Crippen MR) is 98.6 cm³/mol. The summed E-state index contributed by atoms with van der Waals surface area (Å²) in [5.74, 6) is 0.139. The number of hydrogen-bond acceptors (Lipinski definition) is 3. The fourth-order valence-electron chi connectivity index (χ4n) is 3.11. The number of aryl methyl sites for hydroxylation is 2. The fourth-order valence-corrected chi connectivity index (χ4v) is 3.11. The van der Waals surface area contributed by atoms with E-state index in [1.807, 2.05) is 62.4 Å². The third-order valence-corrected chi connectivity index (χ3v) is 4.41. The summed E-state index contributed by atoms with van der Waals surface area (Å²) >= 11 is 0.